The van der Waals surface area contributed by atoms with Crippen LogP contribution < -0.4 is 4.90 Å². The predicted octanol–water partition coefficient (Wildman–Crippen LogP) is 1.91. The fourth-order valence-corrected chi connectivity index (χ4v) is 1.77. The number of rotatable bonds is 1. The predicted molar refractivity (Wildman–Crippen MR) is 66.2 cm³/mol. The molecule has 3 nitrogen and oxygen atoms in total. The molecule has 1 aromatic heterocycles. The van der Waals surface area contributed by atoms with Crippen molar-refractivity contribution in [2.45, 2.75) is 0 Å². The molecule has 1 saturated heterocycles. The molecule has 0 aliphatic carbocycles. The van der Waals surface area contributed by atoms with Crippen LogP contribution >= 0.6 is 24.0 Å². The van der Waals surface area contributed by atoms with Crippen LogP contribution in [0.15, 0.2) is 18.2 Å². The van der Waals surface area contributed by atoms with Gasteiger partial charge in [0, 0.05) is 26.2 Å². The normalized spacial score (nSPS) is 17.3. The van der Waals surface area contributed by atoms with Crippen molar-refractivity contribution in [3.05, 3.63) is 23.4 Å². The first kappa shape index (κ1) is 12.6. The highest BCUT2D eigenvalue weighted by Crippen LogP contribution is 2.15. The molecule has 15 heavy (non-hydrogen) atoms. The van der Waals surface area contributed by atoms with Crippen LogP contribution in [0.2, 0.25) is 5.15 Å². The van der Waals surface area contributed by atoms with E-state index in [2.05, 4.69) is 21.8 Å². The summed E-state index contributed by atoms with van der Waals surface area (Å²) in [5, 5.41) is 0.571. The lowest BCUT2D eigenvalue weighted by Gasteiger charge is -2.33. The van der Waals surface area contributed by atoms with E-state index in [4.69, 9.17) is 11.6 Å². The van der Waals surface area contributed by atoms with Crippen LogP contribution in [0.1, 0.15) is 0 Å². The van der Waals surface area contributed by atoms with E-state index in [0.29, 0.717) is 5.15 Å². The molecule has 1 aliphatic heterocycles. The third kappa shape index (κ3) is 3.23. The highest BCUT2D eigenvalue weighted by molar-refractivity contribution is 6.29. The zero-order chi connectivity index (χ0) is 9.97. The van der Waals surface area contributed by atoms with Crippen LogP contribution in [-0.4, -0.2) is 43.1 Å². The number of hydrogen-bond donors (Lipinski definition) is 0. The summed E-state index contributed by atoms with van der Waals surface area (Å²) in [7, 11) is 2.14. The summed E-state index contributed by atoms with van der Waals surface area (Å²) in [6.45, 7) is 4.25. The van der Waals surface area contributed by atoms with E-state index in [1.807, 2.05) is 12.1 Å². The highest BCUT2D eigenvalue weighted by atomic mass is 35.5. The van der Waals surface area contributed by atoms with E-state index in [1.54, 1.807) is 6.07 Å². The molecule has 1 aromatic rings. The summed E-state index contributed by atoms with van der Waals surface area (Å²) in [6, 6.07) is 5.77. The topological polar surface area (TPSA) is 19.4 Å². The average molecular weight is 248 g/mol. The van der Waals surface area contributed by atoms with Gasteiger partial charge in [-0.3, -0.25) is 0 Å². The average Bonchev–Trinajstić information content (AvgIpc) is 2.19. The molecule has 0 radical (unpaired) electrons. The molecular weight excluding hydrogens is 233 g/mol. The summed E-state index contributed by atoms with van der Waals surface area (Å²) >= 11 is 5.84. The van der Waals surface area contributed by atoms with Crippen LogP contribution in [0.5, 0.6) is 0 Å². The largest absolute Gasteiger partial charge is 0.354 e. The fourth-order valence-electron chi connectivity index (χ4n) is 1.61. The molecule has 1 aliphatic rings. The summed E-state index contributed by atoms with van der Waals surface area (Å²) in [6.07, 6.45) is 0. The van der Waals surface area contributed by atoms with Crippen molar-refractivity contribution in [1.29, 1.82) is 0 Å². The second-order valence-electron chi connectivity index (χ2n) is 3.61. The van der Waals surface area contributed by atoms with Gasteiger partial charge in [-0.2, -0.15) is 0 Å². The monoisotopic (exact) mass is 247 g/mol. The third-order valence-corrected chi connectivity index (χ3v) is 2.74. The number of piperazine rings is 1. The number of pyridine rings is 1. The maximum atomic E-state index is 5.84. The van der Waals surface area contributed by atoms with Gasteiger partial charge in [0.2, 0.25) is 0 Å². The van der Waals surface area contributed by atoms with Gasteiger partial charge >= 0.3 is 0 Å². The van der Waals surface area contributed by atoms with Gasteiger partial charge in [0.1, 0.15) is 11.0 Å². The van der Waals surface area contributed by atoms with Gasteiger partial charge in [-0.25, -0.2) is 4.98 Å². The van der Waals surface area contributed by atoms with Crippen molar-refractivity contribution in [2.24, 2.45) is 0 Å². The van der Waals surface area contributed by atoms with Gasteiger partial charge < -0.3 is 9.80 Å². The Balaban J connectivity index is 0.00000112. The van der Waals surface area contributed by atoms with Gasteiger partial charge in [-0.05, 0) is 19.2 Å². The van der Waals surface area contributed by atoms with Gasteiger partial charge in [0.15, 0.2) is 0 Å². The first-order valence-electron chi connectivity index (χ1n) is 4.82. The number of anilines is 1. The van der Waals surface area contributed by atoms with Crippen molar-refractivity contribution >= 4 is 29.8 Å². The smallest absolute Gasteiger partial charge is 0.131 e. The molecule has 1 fully saturated rings. The number of aromatic nitrogens is 1. The van der Waals surface area contributed by atoms with Crippen molar-refractivity contribution in [2.75, 3.05) is 38.1 Å². The Labute approximate surface area is 101 Å². The standard InChI is InChI=1S/C10H14ClN3.ClH/c1-13-5-7-14(8-6-13)10-4-2-3-9(11)12-10;/h2-4H,5-8H2,1H3;1H. The van der Waals surface area contributed by atoms with Crippen molar-refractivity contribution in [3.8, 4) is 0 Å². The van der Waals surface area contributed by atoms with E-state index >= 15 is 0 Å². The minimum absolute atomic E-state index is 0. The minimum atomic E-state index is 0. The van der Waals surface area contributed by atoms with Crippen LogP contribution in [-0.2, 0) is 0 Å². The lowest BCUT2D eigenvalue weighted by molar-refractivity contribution is 0.312. The molecule has 0 aromatic carbocycles. The Kier molecular flexibility index (Phi) is 4.64. The molecule has 2 rings (SSSR count). The van der Waals surface area contributed by atoms with Gasteiger partial charge in [-0.15, -0.1) is 12.4 Å². The lowest BCUT2D eigenvalue weighted by atomic mass is 10.3. The fraction of sp³-hybridized carbons (Fsp3) is 0.500. The van der Waals surface area contributed by atoms with Crippen molar-refractivity contribution in [1.82, 2.24) is 9.88 Å². The van der Waals surface area contributed by atoms with Gasteiger partial charge in [0.05, 0.1) is 0 Å². The maximum Gasteiger partial charge on any atom is 0.131 e. The maximum absolute atomic E-state index is 5.84. The SMILES string of the molecule is CN1CCN(c2cccc(Cl)n2)CC1.Cl. The summed E-state index contributed by atoms with van der Waals surface area (Å²) in [5.74, 6) is 0.991. The number of hydrogen-bond acceptors (Lipinski definition) is 3. The minimum Gasteiger partial charge on any atom is -0.354 e. The molecular formula is C10H15Cl2N3. The number of nitrogens with zero attached hydrogens (tertiary/aromatic N) is 3. The zero-order valence-corrected chi connectivity index (χ0v) is 10.3. The van der Waals surface area contributed by atoms with Gasteiger partial charge in [-0.1, -0.05) is 17.7 Å². The molecule has 0 unspecified atom stereocenters. The van der Waals surface area contributed by atoms with Crippen LogP contribution in [0, 0.1) is 0 Å². The molecule has 5 heteroatoms. The van der Waals surface area contributed by atoms with Crippen molar-refractivity contribution in [3.63, 3.8) is 0 Å². The summed E-state index contributed by atoms with van der Waals surface area (Å²) in [4.78, 5) is 8.88. The van der Waals surface area contributed by atoms with E-state index in [9.17, 15) is 0 Å². The second-order valence-corrected chi connectivity index (χ2v) is 4.00. The molecule has 0 bridgehead atoms. The molecule has 0 spiro atoms. The van der Waals surface area contributed by atoms with E-state index in [-0.39, 0.29) is 12.4 Å². The Morgan fingerprint density at radius 3 is 2.47 bits per heavy atom. The quantitative estimate of drug-likeness (QED) is 0.708. The second kappa shape index (κ2) is 5.54. The highest BCUT2D eigenvalue weighted by Gasteiger charge is 2.14. The molecule has 0 atom stereocenters. The number of halogens is 2. The van der Waals surface area contributed by atoms with E-state index < -0.39 is 0 Å². The third-order valence-electron chi connectivity index (χ3n) is 2.53. The lowest BCUT2D eigenvalue weighted by Crippen LogP contribution is -2.44. The van der Waals surface area contributed by atoms with Crippen LogP contribution in [0.25, 0.3) is 0 Å². The first-order chi connectivity index (χ1) is 6.75. The number of likely N-dealkylation sites (N-methyl/N-ethyl adjacent to an activating group) is 1. The summed E-state index contributed by atoms with van der Waals surface area (Å²) in [5.41, 5.74) is 0. The van der Waals surface area contributed by atoms with Crippen molar-refractivity contribution < 1.29 is 0 Å². The zero-order valence-electron chi connectivity index (χ0n) is 8.69. The first-order valence-corrected chi connectivity index (χ1v) is 5.19. The molecule has 2 heterocycles. The Morgan fingerprint density at radius 2 is 1.87 bits per heavy atom. The van der Waals surface area contributed by atoms with Crippen LogP contribution in [0.4, 0.5) is 5.82 Å². The van der Waals surface area contributed by atoms with E-state index in [0.717, 1.165) is 32.0 Å². The van der Waals surface area contributed by atoms with E-state index in [1.165, 1.54) is 0 Å². The molecule has 0 N–H and O–H groups in total. The summed E-state index contributed by atoms with van der Waals surface area (Å²) < 4.78 is 0. The Morgan fingerprint density at radius 1 is 1.20 bits per heavy atom. The Bertz CT molecular complexity index is 311. The molecule has 84 valence electrons. The molecule has 0 saturated carbocycles. The molecule has 0 amide bonds. The van der Waals surface area contributed by atoms with Crippen LogP contribution in [0.3, 0.4) is 0 Å². The van der Waals surface area contributed by atoms with Gasteiger partial charge in [0.25, 0.3) is 0 Å². The Hall–Kier alpha value is -0.510.